The van der Waals surface area contributed by atoms with E-state index in [4.69, 9.17) is 0 Å². The molecule has 0 N–H and O–H groups in total. The van der Waals surface area contributed by atoms with Crippen LogP contribution in [0.15, 0.2) is 71.6 Å². The van der Waals surface area contributed by atoms with Crippen molar-refractivity contribution in [3.8, 4) is 0 Å². The van der Waals surface area contributed by atoms with Gasteiger partial charge in [-0.3, -0.25) is 19.8 Å². The number of hydrogen-bond acceptors (Lipinski definition) is 7. The van der Waals surface area contributed by atoms with Gasteiger partial charge >= 0.3 is 0 Å². The molecule has 1 aromatic heterocycles. The van der Waals surface area contributed by atoms with E-state index in [1.807, 2.05) is 43.3 Å². The maximum atomic E-state index is 13.7. The van der Waals surface area contributed by atoms with Crippen molar-refractivity contribution in [2.45, 2.75) is 18.2 Å². The minimum atomic E-state index is -3.79. The Balaban J connectivity index is 1.91. The third-order valence-electron chi connectivity index (χ3n) is 5.06. The molecule has 0 spiro atoms. The molecule has 0 saturated heterocycles. The second-order valence-corrected chi connectivity index (χ2v) is 10.4. The lowest BCUT2D eigenvalue weighted by atomic mass is 10.1. The highest BCUT2D eigenvalue weighted by atomic mass is 32.2. The van der Waals surface area contributed by atoms with E-state index in [1.165, 1.54) is 16.2 Å². The number of nitro groups is 1. The molecule has 4 aromatic rings. The van der Waals surface area contributed by atoms with E-state index in [1.54, 1.807) is 12.1 Å². The summed E-state index contributed by atoms with van der Waals surface area (Å²) in [7, 11) is -3.79. The number of para-hydroxylation sites is 1. The SMILES string of the molecule is CCc1ccc(N(C(=O)c2cc([N+](=O)[O-])cc(S(C)(=O)=O)c2)c2nc3ccccc3s2)cc1. The van der Waals surface area contributed by atoms with Crippen molar-refractivity contribution < 1.29 is 18.1 Å². The summed E-state index contributed by atoms with van der Waals surface area (Å²) in [6, 6.07) is 17.9. The molecular formula is C23H19N3O5S2. The van der Waals surface area contributed by atoms with Crippen molar-refractivity contribution in [1.29, 1.82) is 0 Å². The Kier molecular flexibility index (Phi) is 5.96. The van der Waals surface area contributed by atoms with Gasteiger partial charge in [0.2, 0.25) is 0 Å². The van der Waals surface area contributed by atoms with Gasteiger partial charge in [-0.25, -0.2) is 13.4 Å². The topological polar surface area (TPSA) is 110 Å². The quantitative estimate of drug-likeness (QED) is 0.278. The molecule has 0 aliphatic carbocycles. The molecule has 0 saturated carbocycles. The van der Waals surface area contributed by atoms with Crippen LogP contribution in [-0.4, -0.2) is 30.5 Å². The van der Waals surface area contributed by atoms with Gasteiger partial charge in [0.25, 0.3) is 11.6 Å². The fourth-order valence-electron chi connectivity index (χ4n) is 3.31. The monoisotopic (exact) mass is 481 g/mol. The number of sulfone groups is 1. The molecule has 0 fully saturated rings. The van der Waals surface area contributed by atoms with E-state index in [2.05, 4.69) is 4.98 Å². The summed E-state index contributed by atoms with van der Waals surface area (Å²) in [4.78, 5) is 30.1. The van der Waals surface area contributed by atoms with Gasteiger partial charge in [0.1, 0.15) is 0 Å². The average Bonchev–Trinajstić information content (AvgIpc) is 3.22. The molecule has 0 atom stereocenters. The maximum Gasteiger partial charge on any atom is 0.271 e. The summed E-state index contributed by atoms with van der Waals surface area (Å²) in [5, 5.41) is 11.8. The smallest absolute Gasteiger partial charge is 0.268 e. The van der Waals surface area contributed by atoms with E-state index in [-0.39, 0.29) is 10.5 Å². The number of carbonyl (C=O) groups is 1. The summed E-state index contributed by atoms with van der Waals surface area (Å²) in [5.74, 6) is -0.619. The minimum Gasteiger partial charge on any atom is -0.268 e. The first-order chi connectivity index (χ1) is 15.7. The Morgan fingerprint density at radius 1 is 1.09 bits per heavy atom. The third-order valence-corrected chi connectivity index (χ3v) is 7.17. The highest BCUT2D eigenvalue weighted by Gasteiger charge is 2.27. The number of nitro benzene ring substituents is 1. The number of aromatic nitrogens is 1. The average molecular weight is 482 g/mol. The van der Waals surface area contributed by atoms with E-state index < -0.39 is 26.4 Å². The number of fused-ring (bicyclic) bond motifs is 1. The van der Waals surface area contributed by atoms with Crippen LogP contribution >= 0.6 is 11.3 Å². The highest BCUT2D eigenvalue weighted by Crippen LogP contribution is 2.35. The first kappa shape index (κ1) is 22.6. The largest absolute Gasteiger partial charge is 0.271 e. The predicted molar refractivity (Wildman–Crippen MR) is 128 cm³/mol. The zero-order valence-electron chi connectivity index (χ0n) is 17.8. The van der Waals surface area contributed by atoms with Gasteiger partial charge in [-0.2, -0.15) is 0 Å². The third kappa shape index (κ3) is 4.62. The number of hydrogen-bond donors (Lipinski definition) is 0. The molecule has 4 rings (SSSR count). The number of anilines is 2. The minimum absolute atomic E-state index is 0.122. The number of aryl methyl sites for hydroxylation is 1. The first-order valence-electron chi connectivity index (χ1n) is 9.96. The Hall–Kier alpha value is -3.63. The molecule has 33 heavy (non-hydrogen) atoms. The number of non-ortho nitro benzene ring substituents is 1. The lowest BCUT2D eigenvalue weighted by Gasteiger charge is -2.20. The number of carbonyl (C=O) groups excluding carboxylic acids is 1. The van der Waals surface area contributed by atoms with Crippen LogP contribution in [0.2, 0.25) is 0 Å². The van der Waals surface area contributed by atoms with Crippen molar-refractivity contribution in [3.63, 3.8) is 0 Å². The van der Waals surface area contributed by atoms with Crippen LogP contribution in [0.1, 0.15) is 22.8 Å². The molecule has 0 bridgehead atoms. The van der Waals surface area contributed by atoms with Crippen molar-refractivity contribution in [2.75, 3.05) is 11.2 Å². The Morgan fingerprint density at radius 2 is 1.79 bits per heavy atom. The van der Waals surface area contributed by atoms with Gasteiger partial charge < -0.3 is 0 Å². The summed E-state index contributed by atoms with van der Waals surface area (Å²) < 4.78 is 25.1. The number of nitrogens with zero attached hydrogens (tertiary/aromatic N) is 3. The molecule has 8 nitrogen and oxygen atoms in total. The van der Waals surface area contributed by atoms with Crippen molar-refractivity contribution in [1.82, 2.24) is 4.98 Å². The Labute approximate surface area is 194 Å². The van der Waals surface area contributed by atoms with E-state index in [9.17, 15) is 23.3 Å². The molecule has 0 radical (unpaired) electrons. The fraction of sp³-hybridized carbons (Fsp3) is 0.130. The lowest BCUT2D eigenvalue weighted by molar-refractivity contribution is -0.385. The molecule has 10 heteroatoms. The molecule has 0 aliphatic heterocycles. The van der Waals surface area contributed by atoms with Gasteiger partial charge in [-0.15, -0.1) is 0 Å². The molecule has 1 heterocycles. The van der Waals surface area contributed by atoms with Gasteiger partial charge in [0.05, 0.1) is 25.7 Å². The van der Waals surface area contributed by atoms with Crippen molar-refractivity contribution in [2.24, 2.45) is 0 Å². The number of amides is 1. The van der Waals surface area contributed by atoms with E-state index in [0.29, 0.717) is 16.3 Å². The zero-order chi connectivity index (χ0) is 23.8. The molecule has 1 amide bonds. The summed E-state index contributed by atoms with van der Waals surface area (Å²) in [5.41, 5.74) is 1.69. The fourth-order valence-corrected chi connectivity index (χ4v) is 4.97. The molecule has 168 valence electrons. The first-order valence-corrected chi connectivity index (χ1v) is 12.7. The summed E-state index contributed by atoms with van der Waals surface area (Å²) in [6.45, 7) is 2.02. The highest BCUT2D eigenvalue weighted by molar-refractivity contribution is 7.90. The van der Waals surface area contributed by atoms with Crippen molar-refractivity contribution >= 4 is 53.8 Å². The normalized spacial score (nSPS) is 11.5. The van der Waals surface area contributed by atoms with Crippen LogP contribution in [0.5, 0.6) is 0 Å². The standard InChI is InChI=1S/C23H19N3O5S2/c1-3-15-8-10-17(11-9-15)25(23-24-20-6-4-5-7-21(20)32-23)22(27)16-12-18(26(28)29)14-19(13-16)33(2,30)31/h4-14H,3H2,1-2H3. The van der Waals surface area contributed by atoms with Crippen LogP contribution in [-0.2, 0) is 16.3 Å². The van der Waals surface area contributed by atoms with Crippen molar-refractivity contribution in [3.05, 3.63) is 88.0 Å². The number of thiazole rings is 1. The summed E-state index contributed by atoms with van der Waals surface area (Å²) >= 11 is 1.30. The van der Waals surface area contributed by atoms with Gasteiger partial charge in [0, 0.05) is 24.0 Å². The number of rotatable bonds is 6. The second-order valence-electron chi connectivity index (χ2n) is 7.37. The van der Waals surface area contributed by atoms with E-state index >= 15 is 0 Å². The Morgan fingerprint density at radius 3 is 2.39 bits per heavy atom. The molecular weight excluding hydrogens is 462 g/mol. The van der Waals surface area contributed by atoms with Crippen LogP contribution in [0, 0.1) is 10.1 Å². The zero-order valence-corrected chi connectivity index (χ0v) is 19.4. The summed E-state index contributed by atoms with van der Waals surface area (Å²) in [6.07, 6.45) is 1.76. The lowest BCUT2D eigenvalue weighted by Crippen LogP contribution is -2.26. The van der Waals surface area contributed by atoms with Crippen LogP contribution in [0.4, 0.5) is 16.5 Å². The van der Waals surface area contributed by atoms with Crippen LogP contribution in [0.3, 0.4) is 0 Å². The van der Waals surface area contributed by atoms with Gasteiger partial charge in [-0.1, -0.05) is 42.5 Å². The predicted octanol–water partition coefficient (Wildman–Crippen LogP) is 5.15. The second kappa shape index (κ2) is 8.72. The van der Waals surface area contributed by atoms with Crippen LogP contribution < -0.4 is 4.90 Å². The molecule has 0 aliphatic rings. The molecule has 0 unspecified atom stereocenters. The maximum absolute atomic E-state index is 13.7. The molecule has 3 aromatic carbocycles. The number of benzene rings is 3. The van der Waals surface area contributed by atoms with Gasteiger partial charge in [-0.05, 0) is 42.3 Å². The Bertz CT molecular complexity index is 1440. The van der Waals surface area contributed by atoms with Gasteiger partial charge in [0.15, 0.2) is 15.0 Å². The van der Waals surface area contributed by atoms with Crippen LogP contribution in [0.25, 0.3) is 10.2 Å². The van der Waals surface area contributed by atoms with E-state index in [0.717, 1.165) is 41.1 Å².